The molecular weight excluding hydrogens is 240 g/mol. The van der Waals surface area contributed by atoms with Crippen LogP contribution in [0.2, 0.25) is 0 Å². The van der Waals surface area contributed by atoms with E-state index in [0.29, 0.717) is 18.3 Å². The first-order valence-electron chi connectivity index (χ1n) is 7.08. The van der Waals surface area contributed by atoms with Gasteiger partial charge in [-0.25, -0.2) is 9.97 Å². The van der Waals surface area contributed by atoms with Crippen molar-refractivity contribution in [3.8, 4) is 0 Å². The molecule has 0 bridgehead atoms. The first kappa shape index (κ1) is 12.4. The molecule has 0 radical (unpaired) electrons. The van der Waals surface area contributed by atoms with Crippen LogP contribution in [0.5, 0.6) is 0 Å². The third kappa shape index (κ3) is 3.03. The molecule has 2 N–H and O–H groups in total. The minimum Gasteiger partial charge on any atom is -0.370 e. The zero-order valence-electron chi connectivity index (χ0n) is 11.1. The zero-order valence-corrected chi connectivity index (χ0v) is 11.1. The zero-order chi connectivity index (χ0) is 13.2. The van der Waals surface area contributed by atoms with Crippen LogP contribution in [0.25, 0.3) is 0 Å². The summed E-state index contributed by atoms with van der Waals surface area (Å²) in [6.45, 7) is 1.89. The van der Waals surface area contributed by atoms with Gasteiger partial charge in [0.15, 0.2) is 0 Å². The Labute approximate surface area is 113 Å². The number of hydrogen-bond acceptors (Lipinski definition) is 4. The summed E-state index contributed by atoms with van der Waals surface area (Å²) in [4.78, 5) is 22.3. The standard InChI is InChI=1S/C14H20N4O/c15-12(19)8-10-2-1-7-18(9-10)13-5-6-16-14(17-13)11-3-4-11/h5-6,10-11H,1-4,7-9H2,(H2,15,19). The molecule has 3 rings (SSSR count). The van der Waals surface area contributed by atoms with E-state index in [1.54, 1.807) is 0 Å². The van der Waals surface area contributed by atoms with Crippen LogP contribution in [0.15, 0.2) is 12.3 Å². The Morgan fingerprint density at radius 2 is 2.26 bits per heavy atom. The van der Waals surface area contributed by atoms with Gasteiger partial charge in [-0.1, -0.05) is 0 Å². The van der Waals surface area contributed by atoms with Gasteiger partial charge in [-0.3, -0.25) is 4.79 Å². The third-order valence-electron chi connectivity index (χ3n) is 3.93. The van der Waals surface area contributed by atoms with Crippen molar-refractivity contribution >= 4 is 11.7 Å². The maximum absolute atomic E-state index is 11.0. The molecule has 1 saturated heterocycles. The van der Waals surface area contributed by atoms with Crippen molar-refractivity contribution in [2.45, 2.75) is 38.0 Å². The Morgan fingerprint density at radius 1 is 1.42 bits per heavy atom. The van der Waals surface area contributed by atoms with E-state index in [1.807, 2.05) is 12.3 Å². The maximum Gasteiger partial charge on any atom is 0.217 e. The van der Waals surface area contributed by atoms with E-state index in [4.69, 9.17) is 5.73 Å². The highest BCUT2D eigenvalue weighted by Crippen LogP contribution is 2.38. The molecule has 0 aromatic carbocycles. The molecule has 19 heavy (non-hydrogen) atoms. The summed E-state index contributed by atoms with van der Waals surface area (Å²) in [6.07, 6.45) is 6.95. The van der Waals surface area contributed by atoms with E-state index >= 15 is 0 Å². The normalized spacial score (nSPS) is 23.4. The lowest BCUT2D eigenvalue weighted by Crippen LogP contribution is -2.37. The number of anilines is 1. The highest BCUT2D eigenvalue weighted by atomic mass is 16.1. The van der Waals surface area contributed by atoms with Crippen LogP contribution in [-0.4, -0.2) is 29.0 Å². The number of carbonyl (C=O) groups is 1. The number of carbonyl (C=O) groups excluding carboxylic acids is 1. The van der Waals surface area contributed by atoms with Gasteiger partial charge in [0.25, 0.3) is 0 Å². The third-order valence-corrected chi connectivity index (χ3v) is 3.93. The van der Waals surface area contributed by atoms with Gasteiger partial charge in [-0.05, 0) is 37.7 Å². The Kier molecular flexibility index (Phi) is 3.36. The van der Waals surface area contributed by atoms with Gasteiger partial charge in [0, 0.05) is 31.6 Å². The molecule has 1 aliphatic carbocycles. The van der Waals surface area contributed by atoms with Gasteiger partial charge in [-0.2, -0.15) is 0 Å². The average molecular weight is 260 g/mol. The Bertz CT molecular complexity index is 472. The van der Waals surface area contributed by atoms with Gasteiger partial charge >= 0.3 is 0 Å². The molecule has 1 aromatic heterocycles. The number of aromatic nitrogens is 2. The van der Waals surface area contributed by atoms with E-state index in [2.05, 4.69) is 14.9 Å². The average Bonchev–Trinajstić information content (AvgIpc) is 3.23. The number of amides is 1. The lowest BCUT2D eigenvalue weighted by Gasteiger charge is -2.33. The van der Waals surface area contributed by atoms with Crippen LogP contribution in [0, 0.1) is 5.92 Å². The molecule has 1 aliphatic heterocycles. The minimum absolute atomic E-state index is 0.201. The van der Waals surface area contributed by atoms with Crippen LogP contribution in [0.4, 0.5) is 5.82 Å². The lowest BCUT2D eigenvalue weighted by molar-refractivity contribution is -0.118. The van der Waals surface area contributed by atoms with Crippen molar-refractivity contribution in [1.82, 2.24) is 9.97 Å². The van der Waals surface area contributed by atoms with E-state index in [0.717, 1.165) is 37.6 Å². The van der Waals surface area contributed by atoms with Gasteiger partial charge < -0.3 is 10.6 Å². The highest BCUT2D eigenvalue weighted by Gasteiger charge is 2.28. The number of primary amides is 1. The monoisotopic (exact) mass is 260 g/mol. The highest BCUT2D eigenvalue weighted by molar-refractivity contribution is 5.74. The first-order valence-corrected chi connectivity index (χ1v) is 7.08. The van der Waals surface area contributed by atoms with Crippen LogP contribution in [-0.2, 0) is 4.79 Å². The number of piperidine rings is 1. The Hall–Kier alpha value is -1.65. The number of nitrogens with two attached hydrogens (primary N) is 1. The van der Waals surface area contributed by atoms with Crippen molar-refractivity contribution in [3.05, 3.63) is 18.1 Å². The van der Waals surface area contributed by atoms with E-state index in [-0.39, 0.29) is 5.91 Å². The van der Waals surface area contributed by atoms with Gasteiger partial charge in [-0.15, -0.1) is 0 Å². The SMILES string of the molecule is NC(=O)CC1CCCN(c2ccnc(C3CC3)n2)C1. The molecule has 1 atom stereocenters. The fourth-order valence-electron chi connectivity index (χ4n) is 2.80. The Morgan fingerprint density at radius 3 is 3.00 bits per heavy atom. The number of hydrogen-bond donors (Lipinski definition) is 1. The van der Waals surface area contributed by atoms with Crippen LogP contribution < -0.4 is 10.6 Å². The second-order valence-electron chi connectivity index (χ2n) is 5.67. The molecule has 1 amide bonds. The van der Waals surface area contributed by atoms with Crippen molar-refractivity contribution in [3.63, 3.8) is 0 Å². The molecule has 2 fully saturated rings. The fourth-order valence-corrected chi connectivity index (χ4v) is 2.80. The molecule has 1 unspecified atom stereocenters. The predicted octanol–water partition coefficient (Wildman–Crippen LogP) is 1.45. The maximum atomic E-state index is 11.0. The van der Waals surface area contributed by atoms with E-state index in [1.165, 1.54) is 12.8 Å². The van der Waals surface area contributed by atoms with Crippen molar-refractivity contribution in [2.24, 2.45) is 11.7 Å². The molecule has 5 nitrogen and oxygen atoms in total. The molecule has 5 heteroatoms. The summed E-state index contributed by atoms with van der Waals surface area (Å²) < 4.78 is 0. The fraction of sp³-hybridized carbons (Fsp3) is 0.643. The lowest BCUT2D eigenvalue weighted by atomic mass is 9.94. The summed E-state index contributed by atoms with van der Waals surface area (Å²) >= 11 is 0. The summed E-state index contributed by atoms with van der Waals surface area (Å²) in [5.41, 5.74) is 5.30. The van der Waals surface area contributed by atoms with Crippen LogP contribution in [0.3, 0.4) is 0 Å². The minimum atomic E-state index is -0.201. The molecular formula is C14H20N4O. The van der Waals surface area contributed by atoms with Crippen molar-refractivity contribution in [2.75, 3.05) is 18.0 Å². The number of nitrogens with zero attached hydrogens (tertiary/aromatic N) is 3. The molecule has 2 aliphatic rings. The smallest absolute Gasteiger partial charge is 0.217 e. The first-order chi connectivity index (χ1) is 9.22. The second kappa shape index (κ2) is 5.15. The number of rotatable bonds is 4. The summed E-state index contributed by atoms with van der Waals surface area (Å²) in [6, 6.07) is 1.97. The van der Waals surface area contributed by atoms with E-state index < -0.39 is 0 Å². The van der Waals surface area contributed by atoms with Crippen LogP contribution in [0.1, 0.15) is 43.8 Å². The summed E-state index contributed by atoms with van der Waals surface area (Å²) in [5, 5.41) is 0. The second-order valence-corrected chi connectivity index (χ2v) is 5.67. The molecule has 2 heterocycles. The molecule has 102 valence electrons. The largest absolute Gasteiger partial charge is 0.370 e. The summed E-state index contributed by atoms with van der Waals surface area (Å²) in [5.74, 6) is 2.73. The van der Waals surface area contributed by atoms with E-state index in [9.17, 15) is 4.79 Å². The molecule has 1 aromatic rings. The van der Waals surface area contributed by atoms with Crippen molar-refractivity contribution < 1.29 is 4.79 Å². The Balaban J connectivity index is 1.70. The van der Waals surface area contributed by atoms with Crippen molar-refractivity contribution in [1.29, 1.82) is 0 Å². The van der Waals surface area contributed by atoms with Crippen LogP contribution >= 0.6 is 0 Å². The molecule has 0 spiro atoms. The van der Waals surface area contributed by atoms with Gasteiger partial charge in [0.2, 0.25) is 5.91 Å². The quantitative estimate of drug-likeness (QED) is 0.889. The van der Waals surface area contributed by atoms with Gasteiger partial charge in [0.1, 0.15) is 11.6 Å². The molecule has 1 saturated carbocycles. The van der Waals surface area contributed by atoms with Gasteiger partial charge in [0.05, 0.1) is 0 Å². The predicted molar refractivity (Wildman–Crippen MR) is 72.8 cm³/mol. The topological polar surface area (TPSA) is 72.1 Å². The summed E-state index contributed by atoms with van der Waals surface area (Å²) in [7, 11) is 0.